The second kappa shape index (κ2) is 5.93. The summed E-state index contributed by atoms with van der Waals surface area (Å²) in [6.45, 7) is 5.95. The number of sulfonamides is 1. The predicted octanol–water partition coefficient (Wildman–Crippen LogP) is 0.801. The maximum atomic E-state index is 12.8. The Bertz CT molecular complexity index is 727. The summed E-state index contributed by atoms with van der Waals surface area (Å²) in [5.41, 5.74) is 1.69. The maximum Gasteiger partial charge on any atom is 0.215 e. The third-order valence-electron chi connectivity index (χ3n) is 5.15. The van der Waals surface area contributed by atoms with E-state index >= 15 is 0 Å². The van der Waals surface area contributed by atoms with Gasteiger partial charge in [-0.25, -0.2) is 8.42 Å². The molecular formula is C16H24N4O3S. The van der Waals surface area contributed by atoms with Crippen molar-refractivity contribution in [1.82, 2.24) is 14.5 Å². The van der Waals surface area contributed by atoms with Crippen molar-refractivity contribution >= 4 is 15.8 Å². The molecule has 0 saturated carbocycles. The molecule has 3 aliphatic heterocycles. The highest BCUT2D eigenvalue weighted by Crippen LogP contribution is 2.31. The minimum atomic E-state index is -3.28. The van der Waals surface area contributed by atoms with Crippen molar-refractivity contribution in [1.29, 1.82) is 0 Å². The molecule has 0 aliphatic carbocycles. The van der Waals surface area contributed by atoms with E-state index in [0.29, 0.717) is 32.7 Å². The van der Waals surface area contributed by atoms with Gasteiger partial charge in [-0.2, -0.15) is 9.40 Å². The fourth-order valence-electron chi connectivity index (χ4n) is 3.69. The van der Waals surface area contributed by atoms with Crippen LogP contribution in [0, 0.1) is 5.41 Å². The molecule has 0 bridgehead atoms. The van der Waals surface area contributed by atoms with Gasteiger partial charge in [-0.05, 0) is 24.5 Å². The van der Waals surface area contributed by atoms with Crippen LogP contribution < -0.4 is 4.90 Å². The molecule has 1 aromatic rings. The Morgan fingerprint density at radius 2 is 1.96 bits per heavy atom. The summed E-state index contributed by atoms with van der Waals surface area (Å²) in [4.78, 5) is 2.23. The maximum absolute atomic E-state index is 12.8. The number of anilines is 1. The molecule has 2 saturated heterocycles. The third kappa shape index (κ3) is 3.02. The summed E-state index contributed by atoms with van der Waals surface area (Å²) < 4.78 is 32.3. The van der Waals surface area contributed by atoms with Crippen LogP contribution in [0.4, 0.5) is 5.82 Å². The molecule has 132 valence electrons. The SMILES string of the molecule is CC1(CS(=O)(=O)N2CCc3nnc(N4CCCC4)cc3C2)COC1. The van der Waals surface area contributed by atoms with Crippen LogP contribution in [0.2, 0.25) is 0 Å². The normalized spacial score (nSPS) is 23.8. The molecule has 1 aromatic heterocycles. The second-order valence-corrected chi connectivity index (χ2v) is 9.48. The van der Waals surface area contributed by atoms with E-state index < -0.39 is 10.0 Å². The molecule has 0 spiro atoms. The van der Waals surface area contributed by atoms with E-state index in [-0.39, 0.29) is 11.2 Å². The van der Waals surface area contributed by atoms with Gasteiger partial charge in [0.25, 0.3) is 0 Å². The molecule has 7 nitrogen and oxygen atoms in total. The van der Waals surface area contributed by atoms with Crippen molar-refractivity contribution in [3.8, 4) is 0 Å². The van der Waals surface area contributed by atoms with Gasteiger partial charge in [0, 0.05) is 38.0 Å². The zero-order chi connectivity index (χ0) is 16.8. The van der Waals surface area contributed by atoms with E-state index in [1.807, 2.05) is 13.0 Å². The number of aromatic nitrogens is 2. The predicted molar refractivity (Wildman–Crippen MR) is 90.3 cm³/mol. The van der Waals surface area contributed by atoms with Crippen LogP contribution in [0.15, 0.2) is 6.07 Å². The molecule has 0 aromatic carbocycles. The van der Waals surface area contributed by atoms with Gasteiger partial charge in [-0.15, -0.1) is 5.10 Å². The average molecular weight is 352 g/mol. The van der Waals surface area contributed by atoms with Crippen molar-refractivity contribution < 1.29 is 13.2 Å². The summed E-state index contributed by atoms with van der Waals surface area (Å²) in [5.74, 6) is 1.04. The quantitative estimate of drug-likeness (QED) is 0.798. The first-order valence-corrected chi connectivity index (χ1v) is 10.2. The Morgan fingerprint density at radius 3 is 2.62 bits per heavy atom. The van der Waals surface area contributed by atoms with Crippen LogP contribution in [0.1, 0.15) is 31.0 Å². The van der Waals surface area contributed by atoms with E-state index in [1.165, 1.54) is 12.8 Å². The summed E-state index contributed by atoms with van der Waals surface area (Å²) >= 11 is 0. The zero-order valence-corrected chi connectivity index (χ0v) is 14.9. The molecule has 3 aliphatic rings. The minimum Gasteiger partial charge on any atom is -0.380 e. The van der Waals surface area contributed by atoms with Crippen LogP contribution >= 0.6 is 0 Å². The molecule has 2 fully saturated rings. The highest BCUT2D eigenvalue weighted by molar-refractivity contribution is 7.89. The Labute approximate surface area is 143 Å². The van der Waals surface area contributed by atoms with Crippen LogP contribution in [-0.2, 0) is 27.7 Å². The zero-order valence-electron chi connectivity index (χ0n) is 14.1. The monoisotopic (exact) mass is 352 g/mol. The van der Waals surface area contributed by atoms with Crippen LogP contribution in [0.3, 0.4) is 0 Å². The van der Waals surface area contributed by atoms with E-state index in [9.17, 15) is 8.42 Å². The summed E-state index contributed by atoms with van der Waals surface area (Å²) in [6.07, 6.45) is 2.99. The Kier molecular flexibility index (Phi) is 4.01. The van der Waals surface area contributed by atoms with Crippen LogP contribution in [-0.4, -0.2) is 61.5 Å². The van der Waals surface area contributed by atoms with Crippen molar-refractivity contribution in [2.75, 3.05) is 43.5 Å². The molecule has 0 N–H and O–H groups in total. The first-order valence-electron chi connectivity index (χ1n) is 8.61. The number of rotatable bonds is 4. The number of fused-ring (bicyclic) bond motifs is 1. The molecule has 4 heterocycles. The van der Waals surface area contributed by atoms with Gasteiger partial charge >= 0.3 is 0 Å². The van der Waals surface area contributed by atoms with E-state index in [0.717, 1.165) is 30.2 Å². The molecular weight excluding hydrogens is 328 g/mol. The smallest absolute Gasteiger partial charge is 0.215 e. The van der Waals surface area contributed by atoms with E-state index in [1.54, 1.807) is 4.31 Å². The number of hydrogen-bond acceptors (Lipinski definition) is 6. The standard InChI is InChI=1S/C16H24N4O3S/c1-16(10-23-11-16)12-24(21,22)20-7-4-14-13(9-20)8-15(18-17-14)19-5-2-3-6-19/h8H,2-7,9-12H2,1H3. The molecule has 0 amide bonds. The van der Waals surface area contributed by atoms with Crippen molar-refractivity contribution in [2.45, 2.75) is 32.7 Å². The Balaban J connectivity index is 1.52. The van der Waals surface area contributed by atoms with Crippen LogP contribution in [0.5, 0.6) is 0 Å². The first-order chi connectivity index (χ1) is 11.5. The Hall–Kier alpha value is -1.25. The lowest BCUT2D eigenvalue weighted by Gasteiger charge is -2.39. The number of ether oxygens (including phenoxy) is 1. The largest absolute Gasteiger partial charge is 0.380 e. The van der Waals surface area contributed by atoms with Crippen molar-refractivity contribution in [2.24, 2.45) is 5.41 Å². The highest BCUT2D eigenvalue weighted by atomic mass is 32.2. The van der Waals surface area contributed by atoms with Gasteiger partial charge in [-0.3, -0.25) is 0 Å². The number of hydrogen-bond donors (Lipinski definition) is 0. The minimum absolute atomic E-state index is 0.160. The van der Waals surface area contributed by atoms with Gasteiger partial charge < -0.3 is 9.64 Å². The van der Waals surface area contributed by atoms with Gasteiger partial charge in [0.15, 0.2) is 5.82 Å². The first kappa shape index (κ1) is 16.2. The third-order valence-corrected chi connectivity index (χ3v) is 7.31. The lowest BCUT2D eigenvalue weighted by molar-refractivity contribution is -0.0874. The molecule has 24 heavy (non-hydrogen) atoms. The lowest BCUT2D eigenvalue weighted by atomic mass is 9.92. The van der Waals surface area contributed by atoms with Gasteiger partial charge in [-0.1, -0.05) is 6.92 Å². The van der Waals surface area contributed by atoms with Crippen molar-refractivity contribution in [3.63, 3.8) is 0 Å². The second-order valence-electron chi connectivity index (χ2n) is 7.51. The summed E-state index contributed by atoms with van der Waals surface area (Å²) in [6, 6.07) is 2.03. The molecule has 8 heteroatoms. The van der Waals surface area contributed by atoms with Gasteiger partial charge in [0.2, 0.25) is 10.0 Å². The van der Waals surface area contributed by atoms with E-state index in [2.05, 4.69) is 15.1 Å². The fraction of sp³-hybridized carbons (Fsp3) is 0.750. The number of nitrogens with zero attached hydrogens (tertiary/aromatic N) is 4. The Morgan fingerprint density at radius 1 is 1.21 bits per heavy atom. The fourth-order valence-corrected chi connectivity index (χ4v) is 5.63. The van der Waals surface area contributed by atoms with Crippen molar-refractivity contribution in [3.05, 3.63) is 17.3 Å². The average Bonchev–Trinajstić information content (AvgIpc) is 3.06. The van der Waals surface area contributed by atoms with Crippen LogP contribution in [0.25, 0.3) is 0 Å². The molecule has 0 atom stereocenters. The highest BCUT2D eigenvalue weighted by Gasteiger charge is 2.41. The summed E-state index contributed by atoms with van der Waals surface area (Å²) in [7, 11) is -3.28. The topological polar surface area (TPSA) is 75.6 Å². The molecule has 0 radical (unpaired) electrons. The molecule has 4 rings (SSSR count). The van der Waals surface area contributed by atoms with Gasteiger partial charge in [0.05, 0.1) is 24.7 Å². The van der Waals surface area contributed by atoms with Gasteiger partial charge in [0.1, 0.15) is 0 Å². The molecule has 0 unspecified atom stereocenters. The lowest BCUT2D eigenvalue weighted by Crippen LogP contribution is -2.49. The summed E-state index contributed by atoms with van der Waals surface area (Å²) in [5, 5.41) is 8.68. The van der Waals surface area contributed by atoms with E-state index in [4.69, 9.17) is 4.74 Å².